The van der Waals surface area contributed by atoms with Gasteiger partial charge in [-0.2, -0.15) is 0 Å². The summed E-state index contributed by atoms with van der Waals surface area (Å²) in [6, 6.07) is 19.2. The molecule has 70 heavy (non-hydrogen) atoms. The van der Waals surface area contributed by atoms with E-state index in [1.165, 1.54) is 22.7 Å². The van der Waals surface area contributed by atoms with Crippen molar-refractivity contribution in [3.05, 3.63) is 126 Å². The number of amides is 3. The van der Waals surface area contributed by atoms with Gasteiger partial charge in [0.05, 0.1) is 29.4 Å². The number of aryl methyl sites for hydroxylation is 2. The summed E-state index contributed by atoms with van der Waals surface area (Å²) in [6.45, 7) is 18.1. The van der Waals surface area contributed by atoms with Crippen LogP contribution in [-0.2, 0) is 48.5 Å². The standard InChI is InChI=1S/C25H29N5O3S.C13H17NO4S.C12H14N4.CH4/c1-15-11-16(19-7-9-27-23(26)29-19)5-6-17(15)13-28-22(31)21-12-18-14-30(10-8-20(18)34-21)24(32)33-25(2,3)4;1-13(2,3)18-12(17)14-5-4-9-8(7-14)6-10(19-9)11(15)16;1-8-6-9(2-3-10(8)7-13)11-4-5-15-12(14)16-11;/h5-7,9,11-12H,8,10,13-14H2,1-4H3,(H,28,31)(H2,26,27,29);6H,4-5,7H2,1-3H3,(H,15,16);2-6H,7,13H2,1H3,(H2,14,15,16);1H4. The molecule has 3 amide bonds. The lowest BCUT2D eigenvalue weighted by Gasteiger charge is -2.29. The van der Waals surface area contributed by atoms with Crippen LogP contribution < -0.4 is 22.5 Å². The number of aromatic nitrogens is 4. The molecular weight excluding hydrogens is 929 g/mol. The lowest BCUT2D eigenvalue weighted by Crippen LogP contribution is -2.39. The highest BCUT2D eigenvalue weighted by Crippen LogP contribution is 2.31. The van der Waals surface area contributed by atoms with Gasteiger partial charge in [0.25, 0.3) is 5.91 Å². The molecule has 4 aromatic heterocycles. The predicted octanol–water partition coefficient (Wildman–Crippen LogP) is 9.19. The normalized spacial score (nSPS) is 12.9. The number of thiophene rings is 2. The molecule has 0 unspecified atom stereocenters. The van der Waals surface area contributed by atoms with Crippen LogP contribution in [0.5, 0.6) is 0 Å². The molecule has 2 aliphatic heterocycles. The largest absolute Gasteiger partial charge is 0.477 e. The van der Waals surface area contributed by atoms with E-state index in [0.717, 1.165) is 72.1 Å². The second kappa shape index (κ2) is 23.1. The monoisotopic (exact) mass is 992 g/mol. The Balaban J connectivity index is 0.000000214. The number of hydrogen-bond donors (Lipinski definition) is 5. The van der Waals surface area contributed by atoms with E-state index in [4.69, 9.17) is 31.8 Å². The average molecular weight is 993 g/mol. The maximum absolute atomic E-state index is 12.8. The van der Waals surface area contributed by atoms with E-state index >= 15 is 0 Å². The molecule has 0 saturated heterocycles. The number of nitrogens with zero attached hydrogens (tertiary/aromatic N) is 6. The van der Waals surface area contributed by atoms with Crippen molar-refractivity contribution < 1.29 is 33.8 Å². The number of nitrogens with one attached hydrogen (secondary N) is 1. The van der Waals surface area contributed by atoms with Crippen LogP contribution in [0.25, 0.3) is 22.5 Å². The van der Waals surface area contributed by atoms with Crippen LogP contribution in [0.15, 0.2) is 73.1 Å². The zero-order chi connectivity index (χ0) is 50.2. The van der Waals surface area contributed by atoms with Crippen LogP contribution in [0.2, 0.25) is 0 Å². The Bertz CT molecular complexity index is 2830. The molecule has 372 valence electrons. The van der Waals surface area contributed by atoms with Gasteiger partial charge in [0.2, 0.25) is 11.9 Å². The number of carboxylic acids is 1. The zero-order valence-electron chi connectivity index (χ0n) is 40.2. The first-order valence-corrected chi connectivity index (χ1v) is 24.0. The maximum atomic E-state index is 12.8. The lowest BCUT2D eigenvalue weighted by atomic mass is 10.0. The molecule has 8 N–H and O–H groups in total. The van der Waals surface area contributed by atoms with Crippen molar-refractivity contribution >= 4 is 58.6 Å². The topological polar surface area (TPSA) is 255 Å². The first-order valence-electron chi connectivity index (χ1n) is 22.3. The molecule has 6 heterocycles. The minimum Gasteiger partial charge on any atom is -0.477 e. The first kappa shape index (κ1) is 54.0. The third kappa shape index (κ3) is 14.8. The van der Waals surface area contributed by atoms with Gasteiger partial charge >= 0.3 is 18.2 Å². The molecule has 0 bridgehead atoms. The van der Waals surface area contributed by atoms with Crippen LogP contribution in [-0.4, -0.2) is 83.2 Å². The SMILES string of the molecule is C.CC(C)(C)OC(=O)N1CCc2sc(C(=O)O)cc2C1.Cc1cc(-c2ccnc(N)n2)ccc1CN.Cc1cc(-c2ccnc(N)n2)ccc1CNC(=O)c1cc2c(s1)CCN(C(=O)OC(C)(C)C)C2. The van der Waals surface area contributed by atoms with Crippen LogP contribution in [0.4, 0.5) is 21.5 Å². The number of carbonyl (C=O) groups excluding carboxylic acids is 3. The summed E-state index contributed by atoms with van der Waals surface area (Å²) in [6.07, 6.45) is 4.03. The van der Waals surface area contributed by atoms with E-state index in [0.29, 0.717) is 55.4 Å². The van der Waals surface area contributed by atoms with Crippen molar-refractivity contribution in [2.24, 2.45) is 5.73 Å². The molecule has 19 heteroatoms. The molecule has 0 spiro atoms. The smallest absolute Gasteiger partial charge is 0.410 e. The van der Waals surface area contributed by atoms with E-state index in [1.807, 2.05) is 104 Å². The quantitative estimate of drug-likeness (QED) is 0.1000. The molecule has 0 atom stereocenters. The highest BCUT2D eigenvalue weighted by molar-refractivity contribution is 7.14. The molecule has 6 aromatic rings. The van der Waals surface area contributed by atoms with Crippen molar-refractivity contribution in [2.75, 3.05) is 24.6 Å². The fourth-order valence-corrected chi connectivity index (χ4v) is 9.40. The molecule has 17 nitrogen and oxygen atoms in total. The Hall–Kier alpha value is -6.96. The fraction of sp³-hybridized carbons (Fsp3) is 0.373. The number of rotatable bonds is 7. The third-order valence-electron chi connectivity index (χ3n) is 10.8. The molecule has 0 saturated carbocycles. The molecule has 2 aliphatic rings. The molecule has 2 aromatic carbocycles. The summed E-state index contributed by atoms with van der Waals surface area (Å²) in [7, 11) is 0. The van der Waals surface area contributed by atoms with Gasteiger partial charge in [-0.05, 0) is 138 Å². The Morgan fingerprint density at radius 2 is 1.13 bits per heavy atom. The van der Waals surface area contributed by atoms with E-state index < -0.39 is 17.2 Å². The Labute approximate surface area is 417 Å². The highest BCUT2D eigenvalue weighted by Gasteiger charge is 2.29. The second-order valence-corrected chi connectivity index (χ2v) is 20.8. The van der Waals surface area contributed by atoms with Crippen LogP contribution >= 0.6 is 22.7 Å². The van der Waals surface area contributed by atoms with E-state index in [9.17, 15) is 19.2 Å². The number of carbonyl (C=O) groups is 4. The number of fused-ring (bicyclic) bond motifs is 2. The van der Waals surface area contributed by atoms with Gasteiger partial charge in [-0.25, -0.2) is 34.3 Å². The van der Waals surface area contributed by atoms with Gasteiger partial charge in [-0.15, -0.1) is 22.7 Å². The number of hydrogen-bond acceptors (Lipinski definition) is 15. The van der Waals surface area contributed by atoms with E-state index in [1.54, 1.807) is 28.3 Å². The Kier molecular flexibility index (Phi) is 17.8. The van der Waals surface area contributed by atoms with Gasteiger partial charge in [0.1, 0.15) is 16.1 Å². The molecule has 8 rings (SSSR count). The van der Waals surface area contributed by atoms with Crippen LogP contribution in [0.1, 0.15) is 111 Å². The van der Waals surface area contributed by atoms with Crippen molar-refractivity contribution in [3.63, 3.8) is 0 Å². The zero-order valence-corrected chi connectivity index (χ0v) is 41.8. The lowest BCUT2D eigenvalue weighted by molar-refractivity contribution is 0.0215. The minimum absolute atomic E-state index is 0. The average Bonchev–Trinajstić information content (AvgIpc) is 3.93. The highest BCUT2D eigenvalue weighted by atomic mass is 32.1. The Morgan fingerprint density at radius 1 is 0.686 bits per heavy atom. The fourth-order valence-electron chi connectivity index (χ4n) is 7.32. The van der Waals surface area contributed by atoms with E-state index in [2.05, 4.69) is 31.3 Å². The van der Waals surface area contributed by atoms with Crippen molar-refractivity contribution in [3.8, 4) is 22.5 Å². The summed E-state index contributed by atoms with van der Waals surface area (Å²) >= 11 is 2.79. The minimum atomic E-state index is -0.914. The summed E-state index contributed by atoms with van der Waals surface area (Å²) in [5.74, 6) is -0.504. The van der Waals surface area contributed by atoms with E-state index in [-0.39, 0.29) is 37.4 Å². The van der Waals surface area contributed by atoms with Crippen LogP contribution in [0, 0.1) is 13.8 Å². The molecular formula is C51H64N10O7S2. The molecule has 0 fully saturated rings. The molecule has 0 aliphatic carbocycles. The summed E-state index contributed by atoms with van der Waals surface area (Å²) < 4.78 is 10.8. The number of aromatic carboxylic acids is 1. The predicted molar refractivity (Wildman–Crippen MR) is 275 cm³/mol. The number of nitrogen functional groups attached to an aromatic ring is 2. The third-order valence-corrected chi connectivity index (χ3v) is 13.2. The Morgan fingerprint density at radius 3 is 1.54 bits per heavy atom. The maximum Gasteiger partial charge on any atom is 0.410 e. The van der Waals surface area contributed by atoms with Crippen molar-refractivity contribution in [1.82, 2.24) is 35.1 Å². The first-order chi connectivity index (χ1) is 32.5. The van der Waals surface area contributed by atoms with Gasteiger partial charge in [-0.3, -0.25) is 4.79 Å². The number of benzene rings is 2. The number of carboxylic acid groups (broad SMARTS) is 1. The summed E-state index contributed by atoms with van der Waals surface area (Å²) in [5.41, 5.74) is 25.7. The van der Waals surface area contributed by atoms with Gasteiger partial charge < -0.3 is 46.9 Å². The summed E-state index contributed by atoms with van der Waals surface area (Å²) in [5, 5.41) is 12.0. The number of nitrogens with two attached hydrogens (primary N) is 3. The number of anilines is 2. The number of ether oxygens (including phenoxy) is 2. The van der Waals surface area contributed by atoms with Crippen molar-refractivity contribution in [2.45, 2.75) is 113 Å². The molecule has 0 radical (unpaired) electrons. The van der Waals surface area contributed by atoms with Crippen LogP contribution in [0.3, 0.4) is 0 Å². The van der Waals surface area contributed by atoms with Crippen molar-refractivity contribution in [1.29, 1.82) is 0 Å². The van der Waals surface area contributed by atoms with Gasteiger partial charge in [-0.1, -0.05) is 31.7 Å². The van der Waals surface area contributed by atoms with Gasteiger partial charge in [0.15, 0.2) is 0 Å². The second-order valence-electron chi connectivity index (χ2n) is 18.5. The summed E-state index contributed by atoms with van der Waals surface area (Å²) in [4.78, 5) is 70.8. The van der Waals surface area contributed by atoms with Gasteiger partial charge in [0, 0.05) is 59.5 Å².